The number of anilines is 1. The highest BCUT2D eigenvalue weighted by molar-refractivity contribution is 7.13. The van der Waals surface area contributed by atoms with Crippen LogP contribution in [0, 0.1) is 0 Å². The summed E-state index contributed by atoms with van der Waals surface area (Å²) in [5, 5.41) is 22.6. The summed E-state index contributed by atoms with van der Waals surface area (Å²) in [4.78, 5) is 36.5. The second-order valence-electron chi connectivity index (χ2n) is 5.54. The van der Waals surface area contributed by atoms with Gasteiger partial charge in [0, 0.05) is 6.07 Å². The molecule has 9 heteroatoms. The highest BCUT2D eigenvalue weighted by Gasteiger charge is 2.25. The smallest absolute Gasteiger partial charge is 0.293 e. The molecule has 0 spiro atoms. The van der Waals surface area contributed by atoms with Crippen molar-refractivity contribution in [3.05, 3.63) is 58.8 Å². The van der Waals surface area contributed by atoms with Crippen LogP contribution in [-0.4, -0.2) is 45.6 Å². The number of thiophene rings is 1. The van der Waals surface area contributed by atoms with Gasteiger partial charge in [-0.3, -0.25) is 19.5 Å². The molecule has 0 aliphatic carbocycles. The van der Waals surface area contributed by atoms with E-state index in [0.29, 0.717) is 5.69 Å². The molecule has 4 N–H and O–H groups in total. The summed E-state index contributed by atoms with van der Waals surface area (Å²) in [6.07, 6.45) is 0. The fourth-order valence-electron chi connectivity index (χ4n) is 2.30. The van der Waals surface area contributed by atoms with Crippen LogP contribution in [0.5, 0.6) is 0 Å². The predicted octanol–water partition coefficient (Wildman–Crippen LogP) is 1.44. The maximum absolute atomic E-state index is 12.3. The molecule has 3 rings (SSSR count). The van der Waals surface area contributed by atoms with Crippen LogP contribution in [0.25, 0.3) is 11.3 Å². The van der Waals surface area contributed by atoms with E-state index in [-0.39, 0.29) is 10.7 Å². The molecule has 1 aromatic carbocycles. The zero-order valence-corrected chi connectivity index (χ0v) is 14.8. The van der Waals surface area contributed by atoms with Gasteiger partial charge in [0.1, 0.15) is 6.04 Å². The number of H-pyrrole nitrogens is 1. The van der Waals surface area contributed by atoms with Gasteiger partial charge in [-0.25, -0.2) is 0 Å². The molecule has 0 fully saturated rings. The summed E-state index contributed by atoms with van der Waals surface area (Å²) in [5.41, 5.74) is 1.59. The van der Waals surface area contributed by atoms with Gasteiger partial charge in [0.05, 0.1) is 17.2 Å². The molecule has 0 unspecified atom stereocenters. The maximum Gasteiger partial charge on any atom is 0.293 e. The number of hydrogen-bond donors (Lipinski definition) is 4. The van der Waals surface area contributed by atoms with Gasteiger partial charge in [0.15, 0.2) is 5.82 Å². The minimum absolute atomic E-state index is 0.233. The van der Waals surface area contributed by atoms with E-state index in [1.165, 1.54) is 6.07 Å². The van der Waals surface area contributed by atoms with E-state index >= 15 is 0 Å². The van der Waals surface area contributed by atoms with Crippen LogP contribution < -0.4 is 10.6 Å². The van der Waals surface area contributed by atoms with Crippen molar-refractivity contribution in [3.63, 3.8) is 0 Å². The summed E-state index contributed by atoms with van der Waals surface area (Å²) in [6, 6.07) is 12.9. The lowest BCUT2D eigenvalue weighted by Gasteiger charge is -2.14. The zero-order chi connectivity index (χ0) is 19.2. The molecule has 8 nitrogen and oxygen atoms in total. The molecule has 0 bridgehead atoms. The van der Waals surface area contributed by atoms with Crippen molar-refractivity contribution >= 4 is 34.8 Å². The number of aliphatic hydroxyl groups is 1. The van der Waals surface area contributed by atoms with E-state index < -0.39 is 30.2 Å². The SMILES string of the molecule is O=C(N[C@@H](CO)C(=O)Nc1cc(-c2ccccc2)[nH]n1)C(=O)c1cccs1. The lowest BCUT2D eigenvalue weighted by molar-refractivity contribution is -0.124. The molecule has 2 amide bonds. The van der Waals surface area contributed by atoms with Gasteiger partial charge in [-0.05, 0) is 17.0 Å². The second kappa shape index (κ2) is 8.39. The van der Waals surface area contributed by atoms with Crippen LogP contribution in [0.2, 0.25) is 0 Å². The lowest BCUT2D eigenvalue weighted by atomic mass is 10.1. The number of hydrogen-bond acceptors (Lipinski definition) is 6. The number of nitrogens with one attached hydrogen (secondary N) is 3. The third-order valence-electron chi connectivity index (χ3n) is 3.67. The van der Waals surface area contributed by atoms with Gasteiger partial charge in [-0.2, -0.15) is 5.10 Å². The largest absolute Gasteiger partial charge is 0.394 e. The number of carbonyl (C=O) groups excluding carboxylic acids is 3. The van der Waals surface area contributed by atoms with E-state index in [4.69, 9.17) is 0 Å². The number of ketones is 1. The van der Waals surface area contributed by atoms with Crippen molar-refractivity contribution in [2.75, 3.05) is 11.9 Å². The highest BCUT2D eigenvalue weighted by atomic mass is 32.1. The molecule has 0 aliphatic rings. The standard InChI is InChI=1S/C18H16N4O4S/c23-10-13(19-18(26)16(24)14-7-4-8-27-14)17(25)20-15-9-12(21-22-15)11-5-2-1-3-6-11/h1-9,13,23H,10H2,(H,19,26)(H2,20,21,22,25)/t13-/m0/s1. The third-order valence-corrected chi connectivity index (χ3v) is 4.54. The number of carbonyl (C=O) groups is 3. The fourth-order valence-corrected chi connectivity index (χ4v) is 2.96. The van der Waals surface area contributed by atoms with E-state index in [0.717, 1.165) is 16.9 Å². The Morgan fingerprint density at radius 2 is 1.93 bits per heavy atom. The van der Waals surface area contributed by atoms with Crippen LogP contribution in [0.3, 0.4) is 0 Å². The van der Waals surface area contributed by atoms with Crippen molar-refractivity contribution in [3.8, 4) is 11.3 Å². The molecular formula is C18H16N4O4S. The molecule has 1 atom stereocenters. The molecule has 2 aromatic heterocycles. The number of aromatic amines is 1. The van der Waals surface area contributed by atoms with Gasteiger partial charge in [-0.15, -0.1) is 11.3 Å². The van der Waals surface area contributed by atoms with Crippen LogP contribution in [0.4, 0.5) is 5.82 Å². The predicted molar refractivity (Wildman–Crippen MR) is 100 cm³/mol. The number of benzene rings is 1. The second-order valence-corrected chi connectivity index (χ2v) is 6.48. The van der Waals surface area contributed by atoms with Crippen LogP contribution in [0.15, 0.2) is 53.9 Å². The van der Waals surface area contributed by atoms with Crippen molar-refractivity contribution in [2.45, 2.75) is 6.04 Å². The fraction of sp³-hybridized carbons (Fsp3) is 0.111. The van der Waals surface area contributed by atoms with E-state index in [2.05, 4.69) is 20.8 Å². The van der Waals surface area contributed by atoms with Gasteiger partial charge >= 0.3 is 0 Å². The topological polar surface area (TPSA) is 124 Å². The molecule has 2 heterocycles. The Hall–Kier alpha value is -3.30. The van der Waals surface area contributed by atoms with Crippen LogP contribution in [0.1, 0.15) is 9.67 Å². The van der Waals surface area contributed by atoms with Gasteiger partial charge in [0.2, 0.25) is 0 Å². The summed E-state index contributed by atoms with van der Waals surface area (Å²) >= 11 is 1.12. The molecule has 138 valence electrons. The molecule has 0 radical (unpaired) electrons. The first-order valence-electron chi connectivity index (χ1n) is 7.99. The maximum atomic E-state index is 12.3. The molecule has 3 aromatic rings. The first-order valence-corrected chi connectivity index (χ1v) is 8.87. The Balaban J connectivity index is 1.63. The highest BCUT2D eigenvalue weighted by Crippen LogP contribution is 2.19. The Kier molecular flexibility index (Phi) is 5.74. The van der Waals surface area contributed by atoms with Crippen molar-refractivity contribution in [1.82, 2.24) is 15.5 Å². The number of rotatable bonds is 7. The average Bonchev–Trinajstić information content (AvgIpc) is 3.38. The number of amides is 2. The Labute approximate surface area is 158 Å². The number of nitrogens with zero attached hydrogens (tertiary/aromatic N) is 1. The number of Topliss-reactive ketones (excluding diaryl/α,β-unsaturated/α-hetero) is 1. The van der Waals surface area contributed by atoms with Gasteiger partial charge < -0.3 is 15.7 Å². The molecule has 0 saturated carbocycles. The molecule has 0 aliphatic heterocycles. The quantitative estimate of drug-likeness (QED) is 0.362. The van der Waals surface area contributed by atoms with Crippen molar-refractivity contribution < 1.29 is 19.5 Å². The van der Waals surface area contributed by atoms with E-state index in [1.54, 1.807) is 17.5 Å². The normalized spacial score (nSPS) is 11.6. The minimum atomic E-state index is -1.28. The average molecular weight is 384 g/mol. The summed E-state index contributed by atoms with van der Waals surface area (Å²) in [5.74, 6) is -2.17. The van der Waals surface area contributed by atoms with Crippen LogP contribution >= 0.6 is 11.3 Å². The Morgan fingerprint density at radius 3 is 2.59 bits per heavy atom. The van der Waals surface area contributed by atoms with Gasteiger partial charge in [0.25, 0.3) is 17.6 Å². The lowest BCUT2D eigenvalue weighted by Crippen LogP contribution is -2.48. The van der Waals surface area contributed by atoms with Crippen LogP contribution in [-0.2, 0) is 9.59 Å². The van der Waals surface area contributed by atoms with Crippen molar-refractivity contribution in [1.29, 1.82) is 0 Å². The minimum Gasteiger partial charge on any atom is -0.394 e. The number of aliphatic hydroxyl groups excluding tert-OH is 1. The first kappa shape index (κ1) is 18.5. The Bertz CT molecular complexity index is 937. The van der Waals surface area contributed by atoms with Crippen molar-refractivity contribution in [2.24, 2.45) is 0 Å². The van der Waals surface area contributed by atoms with E-state index in [1.807, 2.05) is 30.3 Å². The zero-order valence-electron chi connectivity index (χ0n) is 14.0. The number of aromatic nitrogens is 2. The van der Waals surface area contributed by atoms with E-state index in [9.17, 15) is 19.5 Å². The first-order chi connectivity index (χ1) is 13.1. The Morgan fingerprint density at radius 1 is 1.15 bits per heavy atom. The monoisotopic (exact) mass is 384 g/mol. The molecule has 0 saturated heterocycles. The summed E-state index contributed by atoms with van der Waals surface area (Å²) in [7, 11) is 0. The third kappa shape index (κ3) is 4.46. The summed E-state index contributed by atoms with van der Waals surface area (Å²) in [6.45, 7) is -0.661. The van der Waals surface area contributed by atoms with Gasteiger partial charge in [-0.1, -0.05) is 36.4 Å². The molecular weight excluding hydrogens is 368 g/mol. The summed E-state index contributed by atoms with van der Waals surface area (Å²) < 4.78 is 0. The molecule has 27 heavy (non-hydrogen) atoms.